The molecule has 1 atom stereocenters. The molecular formula is C10H20N2O4. The zero-order valence-electron chi connectivity index (χ0n) is 9.43. The van der Waals surface area contributed by atoms with Gasteiger partial charge in [0.05, 0.1) is 6.10 Å². The summed E-state index contributed by atoms with van der Waals surface area (Å²) >= 11 is 0. The van der Waals surface area contributed by atoms with Crippen LogP contribution in [0.4, 0.5) is 4.79 Å². The maximum atomic E-state index is 9.84. The lowest BCUT2D eigenvalue weighted by Crippen LogP contribution is -2.25. The maximum Gasteiger partial charge on any atom is 0.335 e. The average molecular weight is 232 g/mol. The molecule has 0 fully saturated rings. The predicted octanol–water partition coefficient (Wildman–Crippen LogP) is 0.727. The fourth-order valence-electron chi connectivity index (χ4n) is 0.873. The Morgan fingerprint density at radius 2 is 2.06 bits per heavy atom. The van der Waals surface area contributed by atoms with Gasteiger partial charge < -0.3 is 10.8 Å². The third-order valence-electron chi connectivity index (χ3n) is 1.63. The predicted molar refractivity (Wildman–Crippen MR) is 59.9 cm³/mol. The van der Waals surface area contributed by atoms with Crippen molar-refractivity contribution < 1.29 is 19.9 Å². The Morgan fingerprint density at radius 3 is 2.44 bits per heavy atom. The molecule has 6 nitrogen and oxygen atoms in total. The number of hydroxylamine groups is 1. The zero-order valence-corrected chi connectivity index (χ0v) is 9.43. The molecule has 2 amide bonds. The van der Waals surface area contributed by atoms with Crippen molar-refractivity contribution >= 4 is 12.3 Å². The number of nitrogens with one attached hydrogen (secondary N) is 1. The molecule has 0 saturated heterocycles. The van der Waals surface area contributed by atoms with E-state index in [2.05, 4.69) is 12.7 Å². The summed E-state index contributed by atoms with van der Waals surface area (Å²) in [6, 6.07) is -0.940. The fraction of sp³-hybridized carbons (Fsp3) is 0.600. The molecule has 0 saturated carbocycles. The number of aliphatic hydroxyl groups is 1. The first-order valence-corrected chi connectivity index (χ1v) is 5.08. The van der Waals surface area contributed by atoms with Gasteiger partial charge in [0.15, 0.2) is 0 Å². The van der Waals surface area contributed by atoms with Crippen LogP contribution in [0.2, 0.25) is 0 Å². The number of aliphatic hydroxyl groups excluding tert-OH is 1. The van der Waals surface area contributed by atoms with Gasteiger partial charge in [-0.3, -0.25) is 10.0 Å². The Kier molecular flexibility index (Phi) is 14.5. The molecule has 0 aliphatic heterocycles. The normalized spacial score (nSPS) is 11.4. The lowest BCUT2D eigenvalue weighted by molar-refractivity contribution is -0.104. The highest BCUT2D eigenvalue weighted by molar-refractivity contribution is 5.69. The molecule has 0 spiro atoms. The van der Waals surface area contributed by atoms with Crippen LogP contribution in [0.3, 0.4) is 0 Å². The highest BCUT2D eigenvalue weighted by Gasteiger charge is 1.96. The number of amides is 2. The van der Waals surface area contributed by atoms with Crippen molar-refractivity contribution in [2.24, 2.45) is 5.73 Å². The van der Waals surface area contributed by atoms with Gasteiger partial charge in [-0.25, -0.2) is 10.3 Å². The lowest BCUT2D eigenvalue weighted by atomic mass is 10.1. The number of carbonyl (C=O) groups excluding carboxylic acids is 2. The van der Waals surface area contributed by atoms with Gasteiger partial charge in [0.25, 0.3) is 0 Å². The van der Waals surface area contributed by atoms with E-state index >= 15 is 0 Å². The third-order valence-corrected chi connectivity index (χ3v) is 1.63. The van der Waals surface area contributed by atoms with Gasteiger partial charge >= 0.3 is 6.03 Å². The fourth-order valence-corrected chi connectivity index (χ4v) is 0.873. The van der Waals surface area contributed by atoms with Crippen LogP contribution in [-0.4, -0.2) is 28.7 Å². The third kappa shape index (κ3) is 18.4. The van der Waals surface area contributed by atoms with E-state index in [1.165, 1.54) is 17.6 Å². The molecular weight excluding hydrogens is 212 g/mol. The second-order valence-electron chi connectivity index (χ2n) is 3.06. The van der Waals surface area contributed by atoms with Crippen LogP contribution in [0.25, 0.3) is 0 Å². The maximum absolute atomic E-state index is 9.84. The lowest BCUT2D eigenvalue weighted by Gasteiger charge is -2.02. The van der Waals surface area contributed by atoms with Gasteiger partial charge in [-0.05, 0) is 12.5 Å². The number of allylic oxidation sites excluding steroid dienone is 1. The van der Waals surface area contributed by atoms with Crippen LogP contribution in [0.15, 0.2) is 12.2 Å². The first kappa shape index (κ1) is 17.0. The SMILES string of the molecule is CCCCCC(O)C=CC=O.NC(=O)NO. The van der Waals surface area contributed by atoms with Gasteiger partial charge in [0.2, 0.25) is 0 Å². The summed E-state index contributed by atoms with van der Waals surface area (Å²) in [4.78, 5) is 19.1. The van der Waals surface area contributed by atoms with Gasteiger partial charge in [0, 0.05) is 0 Å². The van der Waals surface area contributed by atoms with Crippen molar-refractivity contribution in [2.75, 3.05) is 0 Å². The summed E-state index contributed by atoms with van der Waals surface area (Å²) in [5.74, 6) is 0. The number of hydrogen-bond donors (Lipinski definition) is 4. The molecule has 94 valence electrons. The van der Waals surface area contributed by atoms with E-state index in [9.17, 15) is 9.59 Å². The van der Waals surface area contributed by atoms with Gasteiger partial charge in [-0.15, -0.1) is 0 Å². The van der Waals surface area contributed by atoms with E-state index in [1.807, 2.05) is 0 Å². The average Bonchev–Trinajstić information content (AvgIpc) is 2.27. The van der Waals surface area contributed by atoms with Crippen LogP contribution >= 0.6 is 0 Å². The van der Waals surface area contributed by atoms with Crippen molar-refractivity contribution in [3.05, 3.63) is 12.2 Å². The Balaban J connectivity index is 0. The van der Waals surface area contributed by atoms with E-state index in [0.29, 0.717) is 6.29 Å². The Bertz CT molecular complexity index is 207. The smallest absolute Gasteiger partial charge is 0.335 e. The molecule has 0 aliphatic carbocycles. The summed E-state index contributed by atoms with van der Waals surface area (Å²) in [7, 11) is 0. The standard InChI is InChI=1S/C9H16O2.CH4N2O2/c1-2-3-4-6-9(11)7-5-8-10;2-1(4)3-5/h5,7-9,11H,2-4,6H2,1H3;5H,(H3,2,3,4). The van der Waals surface area contributed by atoms with Crippen LogP contribution < -0.4 is 11.2 Å². The Morgan fingerprint density at radius 1 is 1.50 bits per heavy atom. The van der Waals surface area contributed by atoms with Crippen molar-refractivity contribution in [1.82, 2.24) is 5.48 Å². The van der Waals surface area contributed by atoms with Crippen molar-refractivity contribution in [1.29, 1.82) is 0 Å². The molecule has 0 heterocycles. The first-order chi connectivity index (χ1) is 7.58. The van der Waals surface area contributed by atoms with Crippen LogP contribution in [0.1, 0.15) is 32.6 Å². The summed E-state index contributed by atoms with van der Waals surface area (Å²) in [6.07, 6.45) is 7.21. The number of hydrogen-bond acceptors (Lipinski definition) is 4. The molecule has 6 heteroatoms. The van der Waals surface area contributed by atoms with Crippen molar-refractivity contribution in [2.45, 2.75) is 38.7 Å². The highest BCUT2D eigenvalue weighted by Crippen LogP contribution is 2.03. The largest absolute Gasteiger partial charge is 0.389 e. The Labute approximate surface area is 95.1 Å². The summed E-state index contributed by atoms with van der Waals surface area (Å²) in [5, 5.41) is 16.6. The van der Waals surface area contributed by atoms with Crippen molar-refractivity contribution in [3.8, 4) is 0 Å². The number of primary amides is 1. The van der Waals surface area contributed by atoms with Gasteiger partial charge in [-0.2, -0.15) is 0 Å². The molecule has 0 bridgehead atoms. The molecule has 1 unspecified atom stereocenters. The van der Waals surface area contributed by atoms with E-state index in [0.717, 1.165) is 25.7 Å². The monoisotopic (exact) mass is 232 g/mol. The number of rotatable bonds is 6. The van der Waals surface area contributed by atoms with E-state index < -0.39 is 12.1 Å². The number of unbranched alkanes of at least 4 members (excludes halogenated alkanes) is 2. The number of urea groups is 1. The molecule has 5 N–H and O–H groups in total. The number of nitrogens with two attached hydrogens (primary N) is 1. The van der Waals surface area contributed by atoms with E-state index in [1.54, 1.807) is 0 Å². The van der Waals surface area contributed by atoms with Gasteiger partial charge in [0.1, 0.15) is 6.29 Å². The van der Waals surface area contributed by atoms with E-state index in [4.69, 9.17) is 10.3 Å². The quantitative estimate of drug-likeness (QED) is 0.178. The number of carbonyl (C=O) groups is 2. The minimum Gasteiger partial charge on any atom is -0.389 e. The van der Waals surface area contributed by atoms with E-state index in [-0.39, 0.29) is 0 Å². The minimum absolute atomic E-state index is 0.438. The second-order valence-corrected chi connectivity index (χ2v) is 3.06. The van der Waals surface area contributed by atoms with Crippen LogP contribution in [0.5, 0.6) is 0 Å². The zero-order chi connectivity index (χ0) is 12.8. The second kappa shape index (κ2) is 13.6. The van der Waals surface area contributed by atoms with Gasteiger partial charge in [-0.1, -0.05) is 32.3 Å². The number of aldehydes is 1. The molecule has 0 aromatic heterocycles. The summed E-state index contributed by atoms with van der Waals surface area (Å²) < 4.78 is 0. The van der Waals surface area contributed by atoms with Crippen molar-refractivity contribution in [3.63, 3.8) is 0 Å². The molecule has 0 rings (SSSR count). The highest BCUT2D eigenvalue weighted by atomic mass is 16.5. The topological polar surface area (TPSA) is 113 Å². The molecule has 0 aromatic rings. The molecule has 0 aliphatic rings. The molecule has 0 aromatic carbocycles. The molecule has 16 heavy (non-hydrogen) atoms. The summed E-state index contributed by atoms with van der Waals surface area (Å²) in [5.41, 5.74) is 5.46. The minimum atomic E-state index is -0.940. The first-order valence-electron chi connectivity index (χ1n) is 5.08. The van der Waals surface area contributed by atoms with Crippen LogP contribution in [-0.2, 0) is 4.79 Å². The summed E-state index contributed by atoms with van der Waals surface area (Å²) in [6.45, 7) is 2.12. The Hall–Kier alpha value is -1.40. The van der Waals surface area contributed by atoms with Crippen LogP contribution in [0, 0.1) is 0 Å². The molecule has 0 radical (unpaired) electrons.